The molecule has 1 aliphatic rings. The van der Waals surface area contributed by atoms with E-state index in [1.807, 2.05) is 4.90 Å². The number of hydrogen-bond acceptors (Lipinski definition) is 3. The highest BCUT2D eigenvalue weighted by molar-refractivity contribution is 5.27. The Bertz CT molecular complexity index is 366. The zero-order chi connectivity index (χ0) is 14.5. The summed E-state index contributed by atoms with van der Waals surface area (Å²) in [5.41, 5.74) is 0.716. The molecule has 0 aromatic carbocycles. The van der Waals surface area contributed by atoms with Gasteiger partial charge in [0.2, 0.25) is 0 Å². The second-order valence-corrected chi connectivity index (χ2v) is 4.58. The van der Waals surface area contributed by atoms with E-state index in [4.69, 9.17) is 4.74 Å². The van der Waals surface area contributed by atoms with Gasteiger partial charge >= 0.3 is 0 Å². The van der Waals surface area contributed by atoms with E-state index < -0.39 is 5.92 Å². The summed E-state index contributed by atoms with van der Waals surface area (Å²) in [6.07, 6.45) is 2.88. The summed E-state index contributed by atoms with van der Waals surface area (Å²) in [5, 5.41) is 2.96. The van der Waals surface area contributed by atoms with E-state index in [2.05, 4.69) is 18.5 Å². The molecule has 0 aromatic rings. The topological polar surface area (TPSA) is 24.5 Å². The first kappa shape index (κ1) is 15.7. The molecule has 5 heteroatoms. The average Bonchev–Trinajstić information content (AvgIpc) is 2.36. The molecule has 1 N–H and O–H groups in total. The Morgan fingerprint density at radius 2 is 2.16 bits per heavy atom. The van der Waals surface area contributed by atoms with E-state index in [0.29, 0.717) is 18.0 Å². The molecule has 1 saturated heterocycles. The van der Waals surface area contributed by atoms with Crippen LogP contribution in [-0.4, -0.2) is 44.1 Å². The summed E-state index contributed by atoms with van der Waals surface area (Å²) < 4.78 is 32.3. The van der Waals surface area contributed by atoms with Crippen LogP contribution in [-0.2, 0) is 4.74 Å². The van der Waals surface area contributed by atoms with Crippen molar-refractivity contribution in [2.75, 3.05) is 27.2 Å². The molecule has 0 bridgehead atoms. The summed E-state index contributed by atoms with van der Waals surface area (Å²) in [5.74, 6) is -2.05. The van der Waals surface area contributed by atoms with E-state index >= 15 is 0 Å². The number of hydrogen-bond donors (Lipinski definition) is 1. The van der Waals surface area contributed by atoms with E-state index in [1.165, 1.54) is 7.11 Å². The van der Waals surface area contributed by atoms with Gasteiger partial charge in [-0.25, -0.2) is 8.78 Å². The number of rotatable bonds is 6. The highest BCUT2D eigenvalue weighted by atomic mass is 19.3. The summed E-state index contributed by atoms with van der Waals surface area (Å²) in [4.78, 5) is 1.92. The lowest BCUT2D eigenvalue weighted by Crippen LogP contribution is -2.50. The molecule has 0 aliphatic carbocycles. The molecule has 1 rings (SSSR count). The smallest absolute Gasteiger partial charge is 0.251 e. The Labute approximate surface area is 113 Å². The number of alkyl halides is 2. The molecule has 1 atom stereocenters. The zero-order valence-corrected chi connectivity index (χ0v) is 11.6. The maximum absolute atomic E-state index is 13.5. The number of ether oxygens (including phenoxy) is 1. The molecule has 19 heavy (non-hydrogen) atoms. The highest BCUT2D eigenvalue weighted by Gasteiger charge is 2.40. The van der Waals surface area contributed by atoms with E-state index in [9.17, 15) is 8.78 Å². The molecule has 1 fully saturated rings. The van der Waals surface area contributed by atoms with Crippen LogP contribution in [0.4, 0.5) is 8.78 Å². The first-order chi connectivity index (χ1) is 8.99. The first-order valence-corrected chi connectivity index (χ1v) is 6.31. The van der Waals surface area contributed by atoms with Crippen LogP contribution in [0, 0.1) is 0 Å². The minimum atomic E-state index is -2.61. The van der Waals surface area contributed by atoms with Crippen molar-refractivity contribution in [3.63, 3.8) is 0 Å². The minimum Gasteiger partial charge on any atom is -0.495 e. The van der Waals surface area contributed by atoms with Gasteiger partial charge in [-0.15, -0.1) is 0 Å². The van der Waals surface area contributed by atoms with Crippen molar-refractivity contribution >= 4 is 0 Å². The third-order valence-corrected chi connectivity index (χ3v) is 3.29. The summed E-state index contributed by atoms with van der Waals surface area (Å²) in [7, 11) is 3.29. The zero-order valence-electron chi connectivity index (χ0n) is 11.6. The average molecular weight is 272 g/mol. The van der Waals surface area contributed by atoms with Gasteiger partial charge in [-0.05, 0) is 19.2 Å². The van der Waals surface area contributed by atoms with Gasteiger partial charge in [0, 0.05) is 32.0 Å². The SMILES string of the molecule is C=C/C(OC)=C(\C=C)N1CCC(F)(F)CC1CNC. The number of nitrogens with one attached hydrogen (secondary N) is 1. The van der Waals surface area contributed by atoms with Gasteiger partial charge in [0.15, 0.2) is 0 Å². The maximum atomic E-state index is 13.5. The number of allylic oxidation sites excluding steroid dienone is 2. The molecular weight excluding hydrogens is 250 g/mol. The largest absolute Gasteiger partial charge is 0.495 e. The predicted molar refractivity (Wildman–Crippen MR) is 73.0 cm³/mol. The fourth-order valence-corrected chi connectivity index (χ4v) is 2.41. The van der Waals surface area contributed by atoms with Gasteiger partial charge in [-0.2, -0.15) is 0 Å². The number of likely N-dealkylation sites (tertiary alicyclic amines) is 1. The fraction of sp³-hybridized carbons (Fsp3) is 0.571. The van der Waals surface area contributed by atoms with Crippen LogP contribution in [0.3, 0.4) is 0 Å². The Morgan fingerprint density at radius 1 is 1.47 bits per heavy atom. The molecule has 1 heterocycles. The predicted octanol–water partition coefficient (Wildman–Crippen LogP) is 2.54. The molecule has 0 saturated carbocycles. The lowest BCUT2D eigenvalue weighted by Gasteiger charge is -2.41. The van der Waals surface area contributed by atoms with Crippen LogP contribution in [0.2, 0.25) is 0 Å². The van der Waals surface area contributed by atoms with Crippen molar-refractivity contribution in [3.05, 3.63) is 36.8 Å². The van der Waals surface area contributed by atoms with Gasteiger partial charge in [0.25, 0.3) is 5.92 Å². The van der Waals surface area contributed by atoms with E-state index in [0.717, 1.165) is 0 Å². The third kappa shape index (κ3) is 3.80. The third-order valence-electron chi connectivity index (χ3n) is 3.29. The van der Waals surface area contributed by atoms with Gasteiger partial charge in [-0.3, -0.25) is 0 Å². The lowest BCUT2D eigenvalue weighted by molar-refractivity contribution is -0.0693. The molecule has 1 aliphatic heterocycles. The molecule has 1 unspecified atom stereocenters. The van der Waals surface area contributed by atoms with Crippen LogP contribution < -0.4 is 5.32 Å². The van der Waals surface area contributed by atoms with E-state index in [1.54, 1.807) is 19.2 Å². The van der Waals surface area contributed by atoms with Crippen molar-refractivity contribution < 1.29 is 13.5 Å². The van der Waals surface area contributed by atoms with E-state index in [-0.39, 0.29) is 25.4 Å². The minimum absolute atomic E-state index is 0.154. The second-order valence-electron chi connectivity index (χ2n) is 4.58. The summed E-state index contributed by atoms with van der Waals surface area (Å²) >= 11 is 0. The number of methoxy groups -OCH3 is 1. The maximum Gasteiger partial charge on any atom is 0.251 e. The van der Waals surface area contributed by atoms with Crippen LogP contribution >= 0.6 is 0 Å². The molecular formula is C14H22F2N2O. The number of likely N-dealkylation sites (N-methyl/N-ethyl adjacent to an activating group) is 1. The Balaban J connectivity index is 3.04. The molecule has 0 spiro atoms. The normalized spacial score (nSPS) is 23.6. The van der Waals surface area contributed by atoms with Crippen molar-refractivity contribution in [1.29, 1.82) is 0 Å². The van der Waals surface area contributed by atoms with Crippen molar-refractivity contribution in [1.82, 2.24) is 10.2 Å². The quantitative estimate of drug-likeness (QED) is 0.594. The van der Waals surface area contributed by atoms with Crippen molar-refractivity contribution in [2.45, 2.75) is 24.8 Å². The molecule has 0 radical (unpaired) electrons. The number of halogens is 2. The second kappa shape index (κ2) is 6.70. The standard InChI is InChI=1S/C14H22F2N2O/c1-5-12(13(6-2)19-4)18-8-7-14(15,16)9-11(18)10-17-3/h5-6,11,17H,1-2,7-10H2,3-4H3/b13-12-. The van der Waals surface area contributed by atoms with Gasteiger partial charge in [0.05, 0.1) is 12.8 Å². The monoisotopic (exact) mass is 272 g/mol. The van der Waals surface area contributed by atoms with Gasteiger partial charge in [0.1, 0.15) is 5.76 Å². The van der Waals surface area contributed by atoms with Crippen LogP contribution in [0.5, 0.6) is 0 Å². The Hall–Kier alpha value is -1.36. The van der Waals surface area contributed by atoms with Gasteiger partial charge < -0.3 is 15.0 Å². The highest BCUT2D eigenvalue weighted by Crippen LogP contribution is 2.34. The summed E-state index contributed by atoms with van der Waals surface area (Å²) in [6.45, 7) is 8.19. The summed E-state index contributed by atoms with van der Waals surface area (Å²) in [6, 6.07) is -0.285. The molecule has 0 aromatic heterocycles. The van der Waals surface area contributed by atoms with Crippen LogP contribution in [0.25, 0.3) is 0 Å². The molecule has 3 nitrogen and oxygen atoms in total. The molecule has 108 valence electrons. The number of piperidine rings is 1. The lowest BCUT2D eigenvalue weighted by atomic mass is 9.97. The molecule has 0 amide bonds. The van der Waals surface area contributed by atoms with Crippen molar-refractivity contribution in [3.8, 4) is 0 Å². The van der Waals surface area contributed by atoms with Crippen LogP contribution in [0.1, 0.15) is 12.8 Å². The van der Waals surface area contributed by atoms with Crippen molar-refractivity contribution in [2.24, 2.45) is 0 Å². The van der Waals surface area contributed by atoms with Gasteiger partial charge in [-0.1, -0.05) is 13.2 Å². The fourth-order valence-electron chi connectivity index (χ4n) is 2.41. The number of nitrogens with zero attached hydrogens (tertiary/aromatic N) is 1. The Morgan fingerprint density at radius 3 is 2.63 bits per heavy atom. The van der Waals surface area contributed by atoms with Crippen LogP contribution in [0.15, 0.2) is 36.8 Å². The first-order valence-electron chi connectivity index (χ1n) is 6.31. The Kier molecular flexibility index (Phi) is 5.54.